The van der Waals surface area contributed by atoms with Gasteiger partial charge in [-0.2, -0.15) is 0 Å². The number of nitrogens with zero attached hydrogens (tertiary/aromatic N) is 1. The van der Waals surface area contributed by atoms with Crippen molar-refractivity contribution in [2.24, 2.45) is 11.7 Å². The van der Waals surface area contributed by atoms with E-state index < -0.39 is 0 Å². The van der Waals surface area contributed by atoms with Crippen LogP contribution in [0.1, 0.15) is 18.9 Å². The second-order valence-corrected chi connectivity index (χ2v) is 6.13. The summed E-state index contributed by atoms with van der Waals surface area (Å²) in [6, 6.07) is 14.7. The van der Waals surface area contributed by atoms with Gasteiger partial charge in [0.1, 0.15) is 0 Å². The number of benzene rings is 2. The molecule has 0 bridgehead atoms. The summed E-state index contributed by atoms with van der Waals surface area (Å²) in [7, 11) is 0. The molecule has 1 fully saturated rings. The summed E-state index contributed by atoms with van der Waals surface area (Å²) in [5.74, 6) is 0.600. The average molecular weight is 319 g/mol. The lowest BCUT2D eigenvalue weighted by Crippen LogP contribution is -2.48. The molecule has 1 aliphatic rings. The van der Waals surface area contributed by atoms with Gasteiger partial charge in [0.05, 0.1) is 6.42 Å². The second-order valence-electron chi connectivity index (χ2n) is 6.13. The maximum absolute atomic E-state index is 12.4. The van der Waals surface area contributed by atoms with Crippen LogP contribution in [0.25, 0.3) is 10.8 Å². The van der Waals surface area contributed by atoms with E-state index in [2.05, 4.69) is 37.3 Å². The molecule has 0 saturated carbocycles. The van der Waals surface area contributed by atoms with Crippen LogP contribution in [0, 0.1) is 5.92 Å². The summed E-state index contributed by atoms with van der Waals surface area (Å²) in [6.07, 6.45) is 1.39. The van der Waals surface area contributed by atoms with Crippen LogP contribution in [0.4, 0.5) is 0 Å². The van der Waals surface area contributed by atoms with Crippen molar-refractivity contribution in [2.75, 3.05) is 13.1 Å². The predicted molar refractivity (Wildman–Crippen MR) is 93.2 cm³/mol. The highest BCUT2D eigenvalue weighted by Crippen LogP contribution is 2.19. The molecule has 4 heteroatoms. The highest BCUT2D eigenvalue weighted by Gasteiger charge is 2.26. The number of amides is 1. The fraction of sp³-hybridized carbons (Fsp3) is 0.389. The molecule has 1 saturated heterocycles. The minimum atomic E-state index is 0. The summed E-state index contributed by atoms with van der Waals surface area (Å²) in [5.41, 5.74) is 7.10. The number of carbonyl (C=O) groups is 1. The first-order chi connectivity index (χ1) is 10.1. The molecule has 0 aliphatic carbocycles. The molecule has 2 aromatic rings. The van der Waals surface area contributed by atoms with Crippen LogP contribution in [0.15, 0.2) is 42.5 Å². The van der Waals surface area contributed by atoms with Gasteiger partial charge < -0.3 is 10.6 Å². The predicted octanol–water partition coefficient (Wildman–Crippen LogP) is 3.00. The van der Waals surface area contributed by atoms with Gasteiger partial charge >= 0.3 is 0 Å². The van der Waals surface area contributed by atoms with Crippen molar-refractivity contribution >= 4 is 29.1 Å². The molecule has 0 radical (unpaired) electrons. The van der Waals surface area contributed by atoms with Gasteiger partial charge in [-0.05, 0) is 28.7 Å². The minimum absolute atomic E-state index is 0. The highest BCUT2D eigenvalue weighted by molar-refractivity contribution is 5.86. The maximum atomic E-state index is 12.4. The van der Waals surface area contributed by atoms with Crippen molar-refractivity contribution in [2.45, 2.75) is 25.8 Å². The lowest BCUT2D eigenvalue weighted by molar-refractivity contribution is -0.132. The largest absolute Gasteiger partial charge is 0.342 e. The number of fused-ring (bicyclic) bond motifs is 1. The molecule has 2 atom stereocenters. The summed E-state index contributed by atoms with van der Waals surface area (Å²) >= 11 is 0. The minimum Gasteiger partial charge on any atom is -0.342 e. The molecule has 2 aromatic carbocycles. The third kappa shape index (κ3) is 3.60. The van der Waals surface area contributed by atoms with Gasteiger partial charge in [0, 0.05) is 19.1 Å². The molecule has 2 N–H and O–H groups in total. The van der Waals surface area contributed by atoms with E-state index >= 15 is 0 Å². The number of nitrogens with two attached hydrogens (primary N) is 1. The van der Waals surface area contributed by atoms with Crippen LogP contribution < -0.4 is 5.73 Å². The molecule has 0 aromatic heterocycles. The Bertz CT molecular complexity index is 658. The van der Waals surface area contributed by atoms with Crippen LogP contribution in [-0.4, -0.2) is 29.9 Å². The van der Waals surface area contributed by atoms with Gasteiger partial charge in [0.15, 0.2) is 0 Å². The normalized spacial score (nSPS) is 21.5. The Morgan fingerprint density at radius 3 is 2.68 bits per heavy atom. The van der Waals surface area contributed by atoms with Gasteiger partial charge in [-0.15, -0.1) is 12.4 Å². The van der Waals surface area contributed by atoms with Gasteiger partial charge in [-0.3, -0.25) is 4.79 Å². The molecule has 0 spiro atoms. The number of rotatable bonds is 2. The molecular formula is C18H23ClN2O. The fourth-order valence-electron chi connectivity index (χ4n) is 3.03. The quantitative estimate of drug-likeness (QED) is 0.925. The van der Waals surface area contributed by atoms with Crippen molar-refractivity contribution in [3.05, 3.63) is 48.0 Å². The highest BCUT2D eigenvalue weighted by atomic mass is 35.5. The molecule has 22 heavy (non-hydrogen) atoms. The van der Waals surface area contributed by atoms with E-state index in [0.717, 1.165) is 25.1 Å². The molecule has 1 aliphatic heterocycles. The first kappa shape index (κ1) is 16.8. The molecule has 118 valence electrons. The van der Waals surface area contributed by atoms with E-state index in [1.165, 1.54) is 10.8 Å². The third-order valence-electron chi connectivity index (χ3n) is 4.49. The topological polar surface area (TPSA) is 46.3 Å². The first-order valence-electron chi connectivity index (χ1n) is 7.64. The van der Waals surface area contributed by atoms with Crippen LogP contribution >= 0.6 is 12.4 Å². The zero-order valence-electron chi connectivity index (χ0n) is 12.9. The Balaban J connectivity index is 0.00000176. The van der Waals surface area contributed by atoms with Crippen LogP contribution in [0.5, 0.6) is 0 Å². The van der Waals surface area contributed by atoms with E-state index in [1.54, 1.807) is 0 Å². The molecule has 2 unspecified atom stereocenters. The molecule has 3 rings (SSSR count). The molecule has 1 heterocycles. The number of hydrogen-bond acceptors (Lipinski definition) is 2. The van der Waals surface area contributed by atoms with E-state index in [-0.39, 0.29) is 24.4 Å². The van der Waals surface area contributed by atoms with E-state index in [4.69, 9.17) is 5.73 Å². The second kappa shape index (κ2) is 7.12. The van der Waals surface area contributed by atoms with Crippen molar-refractivity contribution in [3.8, 4) is 0 Å². The first-order valence-corrected chi connectivity index (χ1v) is 7.64. The maximum Gasteiger partial charge on any atom is 0.227 e. The number of piperidine rings is 1. The zero-order chi connectivity index (χ0) is 14.8. The Labute approximate surface area is 137 Å². The Hall–Kier alpha value is -1.58. The average Bonchev–Trinajstić information content (AvgIpc) is 2.50. The summed E-state index contributed by atoms with van der Waals surface area (Å²) < 4.78 is 0. The lowest BCUT2D eigenvalue weighted by atomic mass is 9.94. The molecular weight excluding hydrogens is 296 g/mol. The Kier molecular flexibility index (Phi) is 5.43. The van der Waals surface area contributed by atoms with Gasteiger partial charge in [-0.1, -0.05) is 49.4 Å². The lowest BCUT2D eigenvalue weighted by Gasteiger charge is -2.35. The number of halogens is 1. The van der Waals surface area contributed by atoms with Crippen molar-refractivity contribution in [1.82, 2.24) is 4.90 Å². The Morgan fingerprint density at radius 2 is 1.95 bits per heavy atom. The number of carbonyl (C=O) groups excluding carboxylic acids is 1. The van der Waals surface area contributed by atoms with Gasteiger partial charge in [-0.25, -0.2) is 0 Å². The third-order valence-corrected chi connectivity index (χ3v) is 4.49. The van der Waals surface area contributed by atoms with Crippen LogP contribution in [0.2, 0.25) is 0 Å². The van der Waals surface area contributed by atoms with Crippen molar-refractivity contribution in [1.29, 1.82) is 0 Å². The summed E-state index contributed by atoms with van der Waals surface area (Å²) in [6.45, 7) is 3.70. The number of hydrogen-bond donors (Lipinski definition) is 1. The fourth-order valence-corrected chi connectivity index (χ4v) is 3.03. The van der Waals surface area contributed by atoms with Crippen molar-refractivity contribution in [3.63, 3.8) is 0 Å². The number of likely N-dealkylation sites (tertiary alicyclic amines) is 1. The monoisotopic (exact) mass is 318 g/mol. The van der Waals surface area contributed by atoms with Crippen LogP contribution in [-0.2, 0) is 11.2 Å². The molecule has 1 amide bonds. The van der Waals surface area contributed by atoms with Crippen molar-refractivity contribution < 1.29 is 4.79 Å². The molecule has 3 nitrogen and oxygen atoms in total. The SMILES string of the molecule is CC1CN(C(=O)Cc2ccc3ccccc3c2)CCC1N.Cl. The summed E-state index contributed by atoms with van der Waals surface area (Å²) in [4.78, 5) is 14.4. The van der Waals surface area contributed by atoms with Gasteiger partial charge in [0.2, 0.25) is 5.91 Å². The zero-order valence-corrected chi connectivity index (χ0v) is 13.7. The standard InChI is InChI=1S/C18H22N2O.ClH/c1-13-12-20(9-8-17(13)19)18(21)11-14-6-7-15-4-2-3-5-16(15)10-14;/h2-7,10,13,17H,8-9,11-12,19H2,1H3;1H. The smallest absolute Gasteiger partial charge is 0.227 e. The Morgan fingerprint density at radius 1 is 1.23 bits per heavy atom. The van der Waals surface area contributed by atoms with Crippen LogP contribution in [0.3, 0.4) is 0 Å². The van der Waals surface area contributed by atoms with E-state index in [9.17, 15) is 4.79 Å². The van der Waals surface area contributed by atoms with Gasteiger partial charge in [0.25, 0.3) is 0 Å². The summed E-state index contributed by atoms with van der Waals surface area (Å²) in [5, 5.41) is 2.41. The van der Waals surface area contributed by atoms with E-state index in [0.29, 0.717) is 12.3 Å². The van der Waals surface area contributed by atoms with E-state index in [1.807, 2.05) is 17.0 Å².